The van der Waals surface area contributed by atoms with Crippen molar-refractivity contribution in [3.8, 4) is 0 Å². The minimum atomic E-state index is -0.969. The summed E-state index contributed by atoms with van der Waals surface area (Å²) in [5, 5.41) is 0. The van der Waals surface area contributed by atoms with Crippen LogP contribution in [-0.2, 0) is 14.3 Å². The van der Waals surface area contributed by atoms with Crippen LogP contribution in [0.2, 0.25) is 25.7 Å². The highest BCUT2D eigenvalue weighted by Gasteiger charge is 2.18. The number of allylic oxidation sites excluding steroid dienone is 5. The lowest BCUT2D eigenvalue weighted by molar-refractivity contribution is -0.117. The van der Waals surface area contributed by atoms with Gasteiger partial charge in [0.25, 0.3) is 0 Å². The summed E-state index contributed by atoms with van der Waals surface area (Å²) in [5.41, 5.74) is 0.472. The Labute approximate surface area is 128 Å². The van der Waals surface area contributed by atoms with E-state index in [1.807, 2.05) is 0 Å². The van der Waals surface area contributed by atoms with Crippen molar-refractivity contribution in [1.82, 2.24) is 0 Å². The molecule has 1 aliphatic carbocycles. The van der Waals surface area contributed by atoms with Gasteiger partial charge >= 0.3 is 0 Å². The Kier molecular flexibility index (Phi) is 6.82. The summed E-state index contributed by atoms with van der Waals surface area (Å²) in [4.78, 5) is 23.1. The van der Waals surface area contributed by atoms with Crippen molar-refractivity contribution in [2.45, 2.75) is 51.9 Å². The van der Waals surface area contributed by atoms with Crippen molar-refractivity contribution in [2.24, 2.45) is 0 Å². The van der Waals surface area contributed by atoms with Crippen LogP contribution in [0.3, 0.4) is 0 Å². The van der Waals surface area contributed by atoms with Crippen LogP contribution in [0.1, 0.15) is 26.2 Å². The Morgan fingerprint density at radius 2 is 1.76 bits per heavy atom. The molecule has 0 aromatic rings. The fourth-order valence-corrected chi connectivity index (χ4v) is 2.73. The predicted molar refractivity (Wildman–Crippen MR) is 89.0 cm³/mol. The maximum atomic E-state index is 11.6. The summed E-state index contributed by atoms with van der Waals surface area (Å²) < 4.78 is 5.40. The average molecular weight is 306 g/mol. The zero-order valence-corrected chi connectivity index (χ0v) is 14.6. The van der Waals surface area contributed by atoms with E-state index in [0.29, 0.717) is 12.2 Å². The lowest BCUT2D eigenvalue weighted by atomic mass is 10.0. The molecule has 1 rings (SSSR count). The monoisotopic (exact) mass is 306 g/mol. The molecule has 0 atom stereocenters. The number of rotatable bonds is 8. The van der Waals surface area contributed by atoms with Gasteiger partial charge in [0, 0.05) is 19.7 Å². The molecule has 0 aromatic carbocycles. The molecular weight excluding hydrogens is 280 g/mol. The van der Waals surface area contributed by atoms with E-state index in [1.54, 1.807) is 6.92 Å². The molecule has 0 spiro atoms. The molecule has 3 nitrogen and oxygen atoms in total. The van der Waals surface area contributed by atoms with Crippen molar-refractivity contribution in [3.63, 3.8) is 0 Å². The van der Waals surface area contributed by atoms with Gasteiger partial charge < -0.3 is 4.74 Å². The van der Waals surface area contributed by atoms with E-state index < -0.39 is 8.07 Å². The smallest absolute Gasteiger partial charge is 0.220 e. The fourth-order valence-electron chi connectivity index (χ4n) is 1.86. The van der Waals surface area contributed by atoms with Crippen LogP contribution >= 0.6 is 0 Å². The first-order valence-corrected chi connectivity index (χ1v) is 11.3. The molecule has 0 heterocycles. The van der Waals surface area contributed by atoms with Gasteiger partial charge in [-0.25, -0.2) is 0 Å². The lowest BCUT2D eigenvalue weighted by Crippen LogP contribution is -2.17. The maximum absolute atomic E-state index is 11.6. The second-order valence-electron chi connectivity index (χ2n) is 6.64. The van der Waals surface area contributed by atoms with E-state index in [9.17, 15) is 9.59 Å². The molecule has 0 aromatic heterocycles. The maximum Gasteiger partial charge on any atom is 0.220 e. The molecule has 116 valence electrons. The largest absolute Gasteiger partial charge is 0.489 e. The molecule has 21 heavy (non-hydrogen) atoms. The highest BCUT2D eigenvalue weighted by molar-refractivity contribution is 6.76. The molecule has 0 fully saturated rings. The topological polar surface area (TPSA) is 43.4 Å². The first-order valence-electron chi connectivity index (χ1n) is 7.56. The van der Waals surface area contributed by atoms with E-state index in [4.69, 9.17) is 4.74 Å². The van der Waals surface area contributed by atoms with Gasteiger partial charge in [0.2, 0.25) is 5.78 Å². The quantitative estimate of drug-likeness (QED) is 0.294. The minimum Gasteiger partial charge on any atom is -0.489 e. The standard InChI is InChI=1S/C17H26O3Si/c1-14-12-16(19)17(13-15(14)18)20-10-8-6-5-7-9-11-21(2,3)4/h7,9,12-13H,5-6,8,10-11H2,1-4H3/b9-7-. The van der Waals surface area contributed by atoms with Gasteiger partial charge in [-0.15, -0.1) is 0 Å². The number of carbonyl (C=O) groups is 2. The molecule has 0 saturated heterocycles. The Bertz CT molecular complexity index is 479. The summed E-state index contributed by atoms with van der Waals surface area (Å²) in [7, 11) is -0.969. The molecule has 0 saturated carbocycles. The van der Waals surface area contributed by atoms with Crippen molar-refractivity contribution in [3.05, 3.63) is 35.6 Å². The summed E-state index contributed by atoms with van der Waals surface area (Å²) in [6.07, 6.45) is 10.1. The van der Waals surface area contributed by atoms with Crippen LogP contribution in [-0.4, -0.2) is 26.2 Å². The van der Waals surface area contributed by atoms with E-state index in [1.165, 1.54) is 18.2 Å². The van der Waals surface area contributed by atoms with Gasteiger partial charge in [-0.1, -0.05) is 31.8 Å². The predicted octanol–water partition coefficient (Wildman–Crippen LogP) is 4.05. The van der Waals surface area contributed by atoms with E-state index >= 15 is 0 Å². The van der Waals surface area contributed by atoms with Crippen molar-refractivity contribution < 1.29 is 14.3 Å². The molecule has 0 bridgehead atoms. The van der Waals surface area contributed by atoms with Gasteiger partial charge in [-0.3, -0.25) is 9.59 Å². The normalized spacial score (nSPS) is 16.2. The summed E-state index contributed by atoms with van der Waals surface area (Å²) >= 11 is 0. The van der Waals surface area contributed by atoms with Gasteiger partial charge in [0.1, 0.15) is 0 Å². The lowest BCUT2D eigenvalue weighted by Gasteiger charge is -2.12. The van der Waals surface area contributed by atoms with Crippen molar-refractivity contribution in [2.75, 3.05) is 6.61 Å². The van der Waals surface area contributed by atoms with Gasteiger partial charge in [0.05, 0.1) is 6.61 Å². The van der Waals surface area contributed by atoms with Crippen LogP contribution in [0.4, 0.5) is 0 Å². The first kappa shape index (κ1) is 17.6. The number of carbonyl (C=O) groups excluding carboxylic acids is 2. The van der Waals surface area contributed by atoms with E-state index in [0.717, 1.165) is 19.3 Å². The highest BCUT2D eigenvalue weighted by Crippen LogP contribution is 2.13. The number of unbranched alkanes of at least 4 members (excludes halogenated alkanes) is 2. The van der Waals surface area contributed by atoms with Crippen LogP contribution in [0, 0.1) is 0 Å². The van der Waals surface area contributed by atoms with Crippen LogP contribution in [0.25, 0.3) is 0 Å². The Balaban J connectivity index is 2.17. The number of hydrogen-bond acceptors (Lipinski definition) is 3. The fraction of sp³-hybridized carbons (Fsp3) is 0.529. The highest BCUT2D eigenvalue weighted by atomic mass is 28.3. The third kappa shape index (κ3) is 7.23. The third-order valence-electron chi connectivity index (χ3n) is 3.16. The minimum absolute atomic E-state index is 0.140. The SMILES string of the molecule is CC1=CC(=O)C(OCCCC/C=C\C[Si](C)(C)C)=CC1=O. The molecule has 0 radical (unpaired) electrons. The van der Waals surface area contributed by atoms with Crippen molar-refractivity contribution >= 4 is 19.6 Å². The summed E-state index contributed by atoms with van der Waals surface area (Å²) in [5.74, 6) is -0.166. The molecular formula is C17H26O3Si. The van der Waals surface area contributed by atoms with Gasteiger partial charge in [-0.2, -0.15) is 0 Å². The van der Waals surface area contributed by atoms with Crippen molar-refractivity contribution in [1.29, 1.82) is 0 Å². The Morgan fingerprint density at radius 1 is 1.05 bits per heavy atom. The summed E-state index contributed by atoms with van der Waals surface area (Å²) in [6, 6.07) is 1.22. The molecule has 0 N–H and O–H groups in total. The number of ketones is 2. The first-order chi connectivity index (χ1) is 9.79. The van der Waals surface area contributed by atoms with Gasteiger partial charge in [0.15, 0.2) is 11.5 Å². The number of ether oxygens (including phenoxy) is 1. The average Bonchev–Trinajstić information content (AvgIpc) is 2.37. The molecule has 4 heteroatoms. The second kappa shape index (κ2) is 8.13. The van der Waals surface area contributed by atoms with Crippen LogP contribution in [0.15, 0.2) is 35.6 Å². The second-order valence-corrected chi connectivity index (χ2v) is 12.2. The molecule has 0 aliphatic heterocycles. The molecule has 0 unspecified atom stereocenters. The zero-order valence-electron chi connectivity index (χ0n) is 13.6. The van der Waals surface area contributed by atoms with E-state index in [2.05, 4.69) is 31.8 Å². The third-order valence-corrected chi connectivity index (χ3v) is 4.62. The molecule has 1 aliphatic rings. The zero-order chi connectivity index (χ0) is 15.9. The van der Waals surface area contributed by atoms with Crippen LogP contribution < -0.4 is 0 Å². The summed E-state index contributed by atoms with van der Waals surface area (Å²) in [6.45, 7) is 9.20. The molecule has 0 amide bonds. The Hall–Kier alpha value is -1.42. The van der Waals surface area contributed by atoms with Crippen LogP contribution in [0.5, 0.6) is 0 Å². The van der Waals surface area contributed by atoms with Gasteiger partial charge in [-0.05, 0) is 38.3 Å². The Morgan fingerprint density at radius 3 is 2.43 bits per heavy atom. The van der Waals surface area contributed by atoms with E-state index in [-0.39, 0.29) is 17.3 Å². The number of hydrogen-bond donors (Lipinski definition) is 0.